The Labute approximate surface area is 303 Å². The van der Waals surface area contributed by atoms with Crippen molar-refractivity contribution in [2.45, 2.75) is 0 Å². The summed E-state index contributed by atoms with van der Waals surface area (Å²) in [5.41, 5.74) is 11.6. The van der Waals surface area contributed by atoms with Gasteiger partial charge in [-0.3, -0.25) is 0 Å². The standard InChI is InChI=1S/C50H34N2/c1-3-15-35(16-4-1)42-21-11-13-25-48(42)51(40-31-32-46-45-24-12-14-26-49(45)52(50(46)34-40)38-18-5-2-6-19-38)39-29-27-36(28-30-39)47-33-37-17-7-8-20-41(37)43-22-9-10-23-44(43)47/h1-34H. The number of hydrogen-bond acceptors (Lipinski definition) is 1. The molecule has 0 N–H and O–H groups in total. The van der Waals surface area contributed by atoms with Gasteiger partial charge in [0.2, 0.25) is 0 Å². The summed E-state index contributed by atoms with van der Waals surface area (Å²) in [7, 11) is 0. The van der Waals surface area contributed by atoms with Crippen molar-refractivity contribution in [3.8, 4) is 27.9 Å². The number of aromatic nitrogens is 1. The zero-order valence-electron chi connectivity index (χ0n) is 28.5. The number of fused-ring (bicyclic) bond motifs is 6. The fraction of sp³-hybridized carbons (Fsp3) is 0. The Hall–Kier alpha value is -6.90. The molecule has 244 valence electrons. The Morgan fingerprint density at radius 3 is 1.71 bits per heavy atom. The topological polar surface area (TPSA) is 8.17 Å². The number of rotatable bonds is 6. The van der Waals surface area contributed by atoms with Gasteiger partial charge in [-0.2, -0.15) is 0 Å². The second kappa shape index (κ2) is 12.5. The molecule has 1 aromatic heterocycles. The van der Waals surface area contributed by atoms with E-state index in [4.69, 9.17) is 0 Å². The number of anilines is 3. The molecule has 10 rings (SSSR count). The van der Waals surface area contributed by atoms with Crippen molar-refractivity contribution in [3.05, 3.63) is 206 Å². The number of para-hydroxylation sites is 3. The van der Waals surface area contributed by atoms with Gasteiger partial charge < -0.3 is 9.47 Å². The fourth-order valence-electron chi connectivity index (χ4n) is 7.99. The molecule has 0 saturated heterocycles. The van der Waals surface area contributed by atoms with Crippen LogP contribution in [-0.4, -0.2) is 4.57 Å². The average Bonchev–Trinajstić information content (AvgIpc) is 3.55. The van der Waals surface area contributed by atoms with Gasteiger partial charge in [0.25, 0.3) is 0 Å². The highest BCUT2D eigenvalue weighted by atomic mass is 15.1. The summed E-state index contributed by atoms with van der Waals surface area (Å²) in [5, 5.41) is 7.56. The summed E-state index contributed by atoms with van der Waals surface area (Å²) in [5.74, 6) is 0. The van der Waals surface area contributed by atoms with E-state index in [2.05, 4.69) is 216 Å². The Bertz CT molecular complexity index is 2890. The molecule has 0 amide bonds. The lowest BCUT2D eigenvalue weighted by Gasteiger charge is -2.28. The smallest absolute Gasteiger partial charge is 0.0561 e. The van der Waals surface area contributed by atoms with Crippen LogP contribution < -0.4 is 4.90 Å². The maximum absolute atomic E-state index is 2.41. The maximum Gasteiger partial charge on any atom is 0.0561 e. The van der Waals surface area contributed by atoms with Crippen LogP contribution in [0.15, 0.2) is 206 Å². The van der Waals surface area contributed by atoms with Crippen molar-refractivity contribution in [2.24, 2.45) is 0 Å². The van der Waals surface area contributed by atoms with Crippen LogP contribution in [0.2, 0.25) is 0 Å². The van der Waals surface area contributed by atoms with Gasteiger partial charge in [-0.05, 0) is 92.8 Å². The molecular weight excluding hydrogens is 629 g/mol. The van der Waals surface area contributed by atoms with Crippen LogP contribution in [-0.2, 0) is 0 Å². The van der Waals surface area contributed by atoms with Crippen LogP contribution in [0.1, 0.15) is 0 Å². The first kappa shape index (κ1) is 30.0. The van der Waals surface area contributed by atoms with E-state index < -0.39 is 0 Å². The highest BCUT2D eigenvalue weighted by Gasteiger charge is 2.20. The molecule has 0 atom stereocenters. The van der Waals surface area contributed by atoms with Crippen LogP contribution in [0.5, 0.6) is 0 Å². The van der Waals surface area contributed by atoms with Gasteiger partial charge in [-0.1, -0.05) is 152 Å². The Kier molecular flexibility index (Phi) is 7.18. The van der Waals surface area contributed by atoms with Gasteiger partial charge in [-0.15, -0.1) is 0 Å². The monoisotopic (exact) mass is 662 g/mol. The minimum Gasteiger partial charge on any atom is -0.310 e. The first-order valence-electron chi connectivity index (χ1n) is 17.9. The molecule has 0 spiro atoms. The quantitative estimate of drug-likeness (QED) is 0.161. The molecule has 0 fully saturated rings. The van der Waals surface area contributed by atoms with E-state index in [0.717, 1.165) is 22.7 Å². The zero-order valence-corrected chi connectivity index (χ0v) is 28.5. The van der Waals surface area contributed by atoms with E-state index in [0.29, 0.717) is 0 Å². The van der Waals surface area contributed by atoms with Crippen LogP contribution in [0.4, 0.5) is 17.1 Å². The normalized spacial score (nSPS) is 11.5. The second-order valence-electron chi connectivity index (χ2n) is 13.3. The fourth-order valence-corrected chi connectivity index (χ4v) is 7.99. The lowest BCUT2D eigenvalue weighted by Crippen LogP contribution is -2.11. The van der Waals surface area contributed by atoms with E-state index in [1.807, 2.05) is 0 Å². The lowest BCUT2D eigenvalue weighted by molar-refractivity contribution is 1.18. The van der Waals surface area contributed by atoms with Crippen molar-refractivity contribution < 1.29 is 0 Å². The molecular formula is C50H34N2. The van der Waals surface area contributed by atoms with E-state index >= 15 is 0 Å². The lowest BCUT2D eigenvalue weighted by atomic mass is 9.93. The number of hydrogen-bond donors (Lipinski definition) is 0. The van der Waals surface area contributed by atoms with Crippen molar-refractivity contribution in [3.63, 3.8) is 0 Å². The molecule has 0 aliphatic heterocycles. The van der Waals surface area contributed by atoms with Crippen molar-refractivity contribution in [1.82, 2.24) is 4.57 Å². The minimum absolute atomic E-state index is 1.10. The van der Waals surface area contributed by atoms with E-state index in [9.17, 15) is 0 Å². The third-order valence-electron chi connectivity index (χ3n) is 10.4. The van der Waals surface area contributed by atoms with E-state index in [1.165, 1.54) is 65.6 Å². The zero-order chi connectivity index (χ0) is 34.4. The molecule has 9 aromatic carbocycles. The molecule has 52 heavy (non-hydrogen) atoms. The van der Waals surface area contributed by atoms with Gasteiger partial charge in [0.15, 0.2) is 0 Å². The molecule has 0 unspecified atom stereocenters. The van der Waals surface area contributed by atoms with Crippen LogP contribution in [0, 0.1) is 0 Å². The largest absolute Gasteiger partial charge is 0.310 e. The number of benzene rings is 9. The van der Waals surface area contributed by atoms with Gasteiger partial charge in [0, 0.05) is 33.4 Å². The van der Waals surface area contributed by atoms with Gasteiger partial charge in [0.1, 0.15) is 0 Å². The van der Waals surface area contributed by atoms with Gasteiger partial charge in [0.05, 0.1) is 16.7 Å². The summed E-state index contributed by atoms with van der Waals surface area (Å²) >= 11 is 0. The van der Waals surface area contributed by atoms with E-state index in [-0.39, 0.29) is 0 Å². The molecule has 0 aliphatic rings. The first-order valence-corrected chi connectivity index (χ1v) is 17.9. The third kappa shape index (κ3) is 4.96. The van der Waals surface area contributed by atoms with Crippen molar-refractivity contribution >= 4 is 60.4 Å². The molecule has 2 heteroatoms. The van der Waals surface area contributed by atoms with Crippen LogP contribution in [0.3, 0.4) is 0 Å². The molecule has 10 aromatic rings. The van der Waals surface area contributed by atoms with Gasteiger partial charge >= 0.3 is 0 Å². The van der Waals surface area contributed by atoms with Crippen LogP contribution in [0.25, 0.3) is 71.3 Å². The minimum atomic E-state index is 1.10. The predicted octanol–water partition coefficient (Wildman–Crippen LogP) is 13.9. The Morgan fingerprint density at radius 2 is 0.904 bits per heavy atom. The second-order valence-corrected chi connectivity index (χ2v) is 13.3. The first-order chi connectivity index (χ1) is 25.8. The maximum atomic E-state index is 2.41. The summed E-state index contributed by atoms with van der Waals surface area (Å²) in [6.45, 7) is 0. The molecule has 0 aliphatic carbocycles. The molecule has 0 saturated carbocycles. The highest BCUT2D eigenvalue weighted by molar-refractivity contribution is 6.14. The Morgan fingerprint density at radius 1 is 0.327 bits per heavy atom. The third-order valence-corrected chi connectivity index (χ3v) is 10.4. The summed E-state index contributed by atoms with van der Waals surface area (Å²) in [6, 6.07) is 74.7. The van der Waals surface area contributed by atoms with Gasteiger partial charge in [-0.25, -0.2) is 0 Å². The van der Waals surface area contributed by atoms with E-state index in [1.54, 1.807) is 0 Å². The molecule has 0 bridgehead atoms. The Balaban J connectivity index is 1.19. The molecule has 1 heterocycles. The van der Waals surface area contributed by atoms with Crippen molar-refractivity contribution in [2.75, 3.05) is 4.90 Å². The van der Waals surface area contributed by atoms with Crippen molar-refractivity contribution in [1.29, 1.82) is 0 Å². The molecule has 0 radical (unpaired) electrons. The number of nitrogens with zero attached hydrogens (tertiary/aromatic N) is 2. The summed E-state index contributed by atoms with van der Waals surface area (Å²) in [6.07, 6.45) is 0. The summed E-state index contributed by atoms with van der Waals surface area (Å²) < 4.78 is 2.39. The average molecular weight is 663 g/mol. The molecule has 2 nitrogen and oxygen atoms in total. The summed E-state index contributed by atoms with van der Waals surface area (Å²) in [4.78, 5) is 2.41. The van der Waals surface area contributed by atoms with Crippen LogP contribution >= 0.6 is 0 Å². The predicted molar refractivity (Wildman–Crippen MR) is 221 cm³/mol. The SMILES string of the molecule is c1ccc(-c2ccccc2N(c2ccc(-c3cc4ccccc4c4ccccc34)cc2)c2ccc3c4ccccc4n(-c4ccccc4)c3c2)cc1. The highest BCUT2D eigenvalue weighted by Crippen LogP contribution is 2.44.